The van der Waals surface area contributed by atoms with E-state index >= 15 is 0 Å². The number of alkyl carbamates (subject to hydrolysis) is 1. The average molecular weight is 511 g/mol. The van der Waals surface area contributed by atoms with Crippen LogP contribution in [0.5, 0.6) is 0 Å². The lowest BCUT2D eigenvalue weighted by atomic mass is 9.96. The number of amides is 2. The van der Waals surface area contributed by atoms with Crippen LogP contribution < -0.4 is 5.32 Å². The number of aromatic nitrogens is 2. The lowest BCUT2D eigenvalue weighted by molar-refractivity contribution is -0.133. The van der Waals surface area contributed by atoms with E-state index in [1.807, 2.05) is 20.8 Å². The molecule has 1 N–H and O–H groups in total. The molecule has 1 aliphatic heterocycles. The predicted molar refractivity (Wildman–Crippen MR) is 124 cm³/mol. The molecule has 3 rings (SSSR count). The summed E-state index contributed by atoms with van der Waals surface area (Å²) < 4.78 is 52.2. The Morgan fingerprint density at radius 3 is 2.42 bits per heavy atom. The van der Waals surface area contributed by atoms with Crippen LogP contribution in [0.2, 0.25) is 0 Å². The average Bonchev–Trinajstić information content (AvgIpc) is 3.39. The standard InChI is InChI=1S/C25H33F3N4O4/c1-24(2,3)22-30-21(36-31-22)19-8-7-9-32(19)20(33)12-15(29-23(34)35-25(4,5)6)10-14-11-17(27)18(28)13-16(14)26/h11,13,15,19H,7-10,12H2,1-6H3,(H,29,34). The molecule has 2 amide bonds. The number of ether oxygens (including phenoxy) is 1. The minimum Gasteiger partial charge on any atom is -0.444 e. The van der Waals surface area contributed by atoms with Crippen LogP contribution in [0.25, 0.3) is 0 Å². The van der Waals surface area contributed by atoms with Gasteiger partial charge in [0.1, 0.15) is 17.5 Å². The van der Waals surface area contributed by atoms with Crippen LogP contribution in [-0.2, 0) is 21.4 Å². The molecule has 1 aromatic heterocycles. The molecule has 8 nitrogen and oxygen atoms in total. The van der Waals surface area contributed by atoms with Gasteiger partial charge in [0.25, 0.3) is 0 Å². The molecule has 2 atom stereocenters. The van der Waals surface area contributed by atoms with Crippen molar-refractivity contribution >= 4 is 12.0 Å². The third kappa shape index (κ3) is 6.98. The van der Waals surface area contributed by atoms with Crippen molar-refractivity contribution < 1.29 is 32.0 Å². The van der Waals surface area contributed by atoms with Crippen molar-refractivity contribution in [1.29, 1.82) is 0 Å². The topological polar surface area (TPSA) is 97.6 Å². The zero-order valence-electron chi connectivity index (χ0n) is 21.5. The molecule has 1 aromatic carbocycles. The highest BCUT2D eigenvalue weighted by Crippen LogP contribution is 2.33. The van der Waals surface area contributed by atoms with Gasteiger partial charge in [0.15, 0.2) is 17.5 Å². The van der Waals surface area contributed by atoms with E-state index in [0.29, 0.717) is 37.2 Å². The first-order valence-corrected chi connectivity index (χ1v) is 11.9. The van der Waals surface area contributed by atoms with Gasteiger partial charge in [-0.3, -0.25) is 4.79 Å². The number of carbonyl (C=O) groups is 2. The Balaban J connectivity index is 1.80. The Labute approximate surface area is 208 Å². The molecule has 198 valence electrons. The summed E-state index contributed by atoms with van der Waals surface area (Å²) in [7, 11) is 0. The quantitative estimate of drug-likeness (QED) is 0.551. The number of nitrogens with zero attached hydrogens (tertiary/aromatic N) is 3. The summed E-state index contributed by atoms with van der Waals surface area (Å²) >= 11 is 0. The highest BCUT2D eigenvalue weighted by molar-refractivity contribution is 5.78. The number of carbonyl (C=O) groups excluding carboxylic acids is 2. The van der Waals surface area contributed by atoms with Crippen molar-refractivity contribution in [3.63, 3.8) is 0 Å². The number of rotatable bonds is 6. The van der Waals surface area contributed by atoms with E-state index < -0.39 is 41.2 Å². The van der Waals surface area contributed by atoms with Crippen molar-refractivity contribution in [2.75, 3.05) is 6.54 Å². The number of hydrogen-bond acceptors (Lipinski definition) is 6. The summed E-state index contributed by atoms with van der Waals surface area (Å²) in [5, 5.41) is 6.61. The molecule has 36 heavy (non-hydrogen) atoms. The third-order valence-electron chi connectivity index (χ3n) is 5.67. The molecule has 2 aromatic rings. The highest BCUT2D eigenvalue weighted by Gasteiger charge is 2.36. The zero-order chi connectivity index (χ0) is 26.8. The molecular formula is C25H33F3N4O4. The second-order valence-electron chi connectivity index (χ2n) is 11.1. The normalized spacial score (nSPS) is 17.2. The van der Waals surface area contributed by atoms with Gasteiger partial charge in [-0.05, 0) is 51.7 Å². The molecule has 1 aliphatic rings. The second kappa shape index (κ2) is 10.5. The van der Waals surface area contributed by atoms with E-state index in [-0.39, 0.29) is 29.7 Å². The molecule has 2 unspecified atom stereocenters. The summed E-state index contributed by atoms with van der Waals surface area (Å²) in [4.78, 5) is 31.8. The number of hydrogen-bond donors (Lipinski definition) is 1. The Hall–Kier alpha value is -3.11. The Bertz CT molecular complexity index is 1110. The summed E-state index contributed by atoms with van der Waals surface area (Å²) in [6, 6.07) is -0.205. The Kier molecular flexibility index (Phi) is 8.00. The van der Waals surface area contributed by atoms with E-state index in [1.54, 1.807) is 25.7 Å². The van der Waals surface area contributed by atoms with Gasteiger partial charge in [0.05, 0.1) is 0 Å². The minimum absolute atomic E-state index is 0.174. The van der Waals surface area contributed by atoms with Crippen LogP contribution in [0.1, 0.15) is 84.1 Å². The zero-order valence-corrected chi connectivity index (χ0v) is 21.5. The van der Waals surface area contributed by atoms with Gasteiger partial charge in [-0.1, -0.05) is 25.9 Å². The van der Waals surface area contributed by atoms with Crippen molar-refractivity contribution in [2.24, 2.45) is 0 Å². The smallest absolute Gasteiger partial charge is 0.407 e. The lowest BCUT2D eigenvalue weighted by Gasteiger charge is -2.27. The van der Waals surface area contributed by atoms with Crippen LogP contribution in [-0.4, -0.2) is 45.2 Å². The van der Waals surface area contributed by atoms with Crippen molar-refractivity contribution in [1.82, 2.24) is 20.4 Å². The van der Waals surface area contributed by atoms with E-state index in [9.17, 15) is 22.8 Å². The number of likely N-dealkylation sites (tertiary alicyclic amines) is 1. The van der Waals surface area contributed by atoms with Gasteiger partial charge in [0.2, 0.25) is 11.8 Å². The van der Waals surface area contributed by atoms with E-state index in [2.05, 4.69) is 15.5 Å². The fourth-order valence-electron chi connectivity index (χ4n) is 3.96. The predicted octanol–water partition coefficient (Wildman–Crippen LogP) is 4.97. The first-order chi connectivity index (χ1) is 16.6. The molecule has 0 bridgehead atoms. The van der Waals surface area contributed by atoms with Crippen LogP contribution >= 0.6 is 0 Å². The third-order valence-corrected chi connectivity index (χ3v) is 5.67. The summed E-state index contributed by atoms with van der Waals surface area (Å²) in [5.74, 6) is -3.00. The van der Waals surface area contributed by atoms with E-state index in [1.165, 1.54) is 0 Å². The SMILES string of the molecule is CC(C)(C)OC(=O)NC(CC(=O)N1CCCC1c1nc(C(C)(C)C)no1)Cc1cc(F)c(F)cc1F. The first kappa shape index (κ1) is 27.5. The fraction of sp³-hybridized carbons (Fsp3) is 0.600. The second-order valence-corrected chi connectivity index (χ2v) is 11.1. The summed E-state index contributed by atoms with van der Waals surface area (Å²) in [6.07, 6.45) is 0.0498. The molecule has 0 saturated carbocycles. The maximum atomic E-state index is 14.3. The molecular weight excluding hydrogens is 477 g/mol. The molecule has 1 fully saturated rings. The maximum Gasteiger partial charge on any atom is 0.407 e. The number of nitrogens with one attached hydrogen (secondary N) is 1. The van der Waals surface area contributed by atoms with Crippen LogP contribution in [0.4, 0.5) is 18.0 Å². The van der Waals surface area contributed by atoms with Gasteiger partial charge in [-0.25, -0.2) is 18.0 Å². The minimum atomic E-state index is -1.32. The highest BCUT2D eigenvalue weighted by atomic mass is 19.2. The number of benzene rings is 1. The largest absolute Gasteiger partial charge is 0.444 e. The summed E-state index contributed by atoms with van der Waals surface area (Å²) in [5.41, 5.74) is -1.31. The van der Waals surface area contributed by atoms with Gasteiger partial charge < -0.3 is 19.5 Å². The van der Waals surface area contributed by atoms with Gasteiger partial charge >= 0.3 is 6.09 Å². The first-order valence-electron chi connectivity index (χ1n) is 11.9. The Morgan fingerprint density at radius 2 is 1.81 bits per heavy atom. The molecule has 11 heteroatoms. The van der Waals surface area contributed by atoms with Gasteiger partial charge in [0, 0.05) is 30.5 Å². The number of halogens is 3. The lowest BCUT2D eigenvalue weighted by Crippen LogP contribution is -2.44. The van der Waals surface area contributed by atoms with Crippen LogP contribution in [0.15, 0.2) is 16.7 Å². The van der Waals surface area contributed by atoms with Crippen molar-refractivity contribution in [3.8, 4) is 0 Å². The van der Waals surface area contributed by atoms with Gasteiger partial charge in [-0.2, -0.15) is 4.98 Å². The molecule has 0 radical (unpaired) electrons. The summed E-state index contributed by atoms with van der Waals surface area (Å²) in [6.45, 7) is 11.3. The molecule has 2 heterocycles. The Morgan fingerprint density at radius 1 is 1.14 bits per heavy atom. The molecule has 1 saturated heterocycles. The van der Waals surface area contributed by atoms with Crippen LogP contribution in [0.3, 0.4) is 0 Å². The van der Waals surface area contributed by atoms with Crippen molar-refractivity contribution in [3.05, 3.63) is 46.9 Å². The maximum absolute atomic E-state index is 14.3. The van der Waals surface area contributed by atoms with E-state index in [4.69, 9.17) is 9.26 Å². The molecule has 0 spiro atoms. The van der Waals surface area contributed by atoms with Crippen LogP contribution in [0, 0.1) is 17.5 Å². The van der Waals surface area contributed by atoms with Crippen molar-refractivity contribution in [2.45, 2.75) is 90.3 Å². The monoisotopic (exact) mass is 510 g/mol. The fourth-order valence-corrected chi connectivity index (χ4v) is 3.96. The van der Waals surface area contributed by atoms with Gasteiger partial charge in [-0.15, -0.1) is 0 Å². The molecule has 0 aliphatic carbocycles. The van der Waals surface area contributed by atoms with E-state index in [0.717, 1.165) is 6.07 Å².